The van der Waals surface area contributed by atoms with Gasteiger partial charge in [-0.3, -0.25) is 4.79 Å². The molecule has 7 heteroatoms. The van der Waals surface area contributed by atoms with Gasteiger partial charge in [0.05, 0.1) is 16.1 Å². The van der Waals surface area contributed by atoms with E-state index in [1.165, 1.54) is 6.20 Å². The Kier molecular flexibility index (Phi) is 5.18. The first kappa shape index (κ1) is 18.0. The van der Waals surface area contributed by atoms with Crippen LogP contribution in [0, 0.1) is 5.92 Å². The third kappa shape index (κ3) is 4.06. The SMILES string of the molecule is CC(CN)(NC(=O)c1ccc(Oc2cccc(Cl)c2Cl)nc1)C1CC1. The molecule has 0 spiro atoms. The predicted octanol–water partition coefficient (Wildman–Crippen LogP) is 4.04. The van der Waals surface area contributed by atoms with E-state index in [2.05, 4.69) is 10.3 Å². The summed E-state index contributed by atoms with van der Waals surface area (Å²) in [5, 5.41) is 3.74. The zero-order valence-electron chi connectivity index (χ0n) is 13.8. The lowest BCUT2D eigenvalue weighted by Crippen LogP contribution is -2.53. The number of ether oxygens (including phenoxy) is 1. The van der Waals surface area contributed by atoms with Gasteiger partial charge < -0.3 is 15.8 Å². The smallest absolute Gasteiger partial charge is 0.253 e. The maximum absolute atomic E-state index is 12.4. The van der Waals surface area contributed by atoms with E-state index < -0.39 is 0 Å². The van der Waals surface area contributed by atoms with Crippen LogP contribution in [0.5, 0.6) is 11.6 Å². The Balaban J connectivity index is 1.69. The van der Waals surface area contributed by atoms with E-state index >= 15 is 0 Å². The summed E-state index contributed by atoms with van der Waals surface area (Å²) in [5.41, 5.74) is 5.91. The van der Waals surface area contributed by atoms with E-state index in [-0.39, 0.29) is 11.4 Å². The van der Waals surface area contributed by atoms with Crippen molar-refractivity contribution < 1.29 is 9.53 Å². The maximum atomic E-state index is 12.4. The Morgan fingerprint density at radius 3 is 2.72 bits per heavy atom. The molecule has 1 saturated carbocycles. The fourth-order valence-corrected chi connectivity index (χ4v) is 2.95. The molecule has 0 aliphatic heterocycles. The van der Waals surface area contributed by atoms with Gasteiger partial charge in [0.1, 0.15) is 10.8 Å². The molecule has 2 aromatic rings. The highest BCUT2D eigenvalue weighted by molar-refractivity contribution is 6.42. The van der Waals surface area contributed by atoms with Crippen molar-refractivity contribution >= 4 is 29.1 Å². The number of benzene rings is 1. The molecule has 1 heterocycles. The lowest BCUT2D eigenvalue weighted by molar-refractivity contribution is 0.0897. The summed E-state index contributed by atoms with van der Waals surface area (Å²) in [5.74, 6) is 0.981. The Morgan fingerprint density at radius 1 is 1.36 bits per heavy atom. The highest BCUT2D eigenvalue weighted by Gasteiger charge is 2.41. The van der Waals surface area contributed by atoms with Crippen LogP contribution in [0.15, 0.2) is 36.5 Å². The average molecular weight is 380 g/mol. The van der Waals surface area contributed by atoms with Crippen molar-refractivity contribution in [1.82, 2.24) is 10.3 Å². The predicted molar refractivity (Wildman–Crippen MR) is 98.4 cm³/mol. The largest absolute Gasteiger partial charge is 0.437 e. The maximum Gasteiger partial charge on any atom is 0.253 e. The lowest BCUT2D eigenvalue weighted by Gasteiger charge is -2.29. The second kappa shape index (κ2) is 7.20. The molecule has 1 unspecified atom stereocenters. The van der Waals surface area contributed by atoms with Crippen LogP contribution in [0.2, 0.25) is 10.0 Å². The Bertz CT molecular complexity index is 778. The van der Waals surface area contributed by atoms with Gasteiger partial charge in [0.25, 0.3) is 5.91 Å². The minimum Gasteiger partial charge on any atom is -0.437 e. The second-order valence-corrected chi connectivity index (χ2v) is 7.17. The molecule has 5 nitrogen and oxygen atoms in total. The number of nitrogens with two attached hydrogens (primary N) is 1. The third-order valence-corrected chi connectivity index (χ3v) is 5.23. The molecular formula is C18H19Cl2N3O2. The van der Waals surface area contributed by atoms with Gasteiger partial charge in [0, 0.05) is 18.8 Å². The first-order chi connectivity index (χ1) is 11.9. The van der Waals surface area contributed by atoms with Crippen LogP contribution in [-0.4, -0.2) is 23.0 Å². The summed E-state index contributed by atoms with van der Waals surface area (Å²) in [4.78, 5) is 16.6. The zero-order chi connectivity index (χ0) is 18.0. The molecule has 0 saturated heterocycles. The fourth-order valence-electron chi connectivity index (χ4n) is 2.62. The van der Waals surface area contributed by atoms with Crippen molar-refractivity contribution in [3.63, 3.8) is 0 Å². The van der Waals surface area contributed by atoms with Crippen molar-refractivity contribution in [2.24, 2.45) is 11.7 Å². The molecule has 0 radical (unpaired) electrons. The summed E-state index contributed by atoms with van der Waals surface area (Å²) in [6, 6.07) is 8.37. The molecule has 3 N–H and O–H groups in total. The van der Waals surface area contributed by atoms with Gasteiger partial charge in [0.2, 0.25) is 5.88 Å². The molecule has 1 aromatic heterocycles. The molecular weight excluding hydrogens is 361 g/mol. The Hall–Kier alpha value is -1.82. The van der Waals surface area contributed by atoms with Crippen molar-refractivity contribution in [3.05, 3.63) is 52.1 Å². The Labute approximate surface area is 156 Å². The minimum atomic E-state index is -0.374. The summed E-state index contributed by atoms with van der Waals surface area (Å²) in [6.07, 6.45) is 3.66. The normalized spacial score (nSPS) is 16.2. The standard InChI is InChI=1S/C18H19Cl2N3O2/c1-18(10-21,12-6-7-12)23-17(24)11-5-8-15(22-9-11)25-14-4-2-3-13(19)16(14)20/h2-5,8-9,12H,6-7,10,21H2,1H3,(H,23,24). The number of rotatable bonds is 6. The molecule has 1 aliphatic rings. The third-order valence-electron chi connectivity index (χ3n) is 4.43. The van der Waals surface area contributed by atoms with Crippen LogP contribution in [0.3, 0.4) is 0 Å². The number of carbonyl (C=O) groups is 1. The minimum absolute atomic E-state index is 0.195. The topological polar surface area (TPSA) is 77.2 Å². The van der Waals surface area contributed by atoms with E-state index in [0.29, 0.717) is 39.7 Å². The van der Waals surface area contributed by atoms with Crippen LogP contribution in [-0.2, 0) is 0 Å². The van der Waals surface area contributed by atoms with Crippen LogP contribution in [0.25, 0.3) is 0 Å². The summed E-state index contributed by atoms with van der Waals surface area (Å²) in [7, 11) is 0. The van der Waals surface area contributed by atoms with Gasteiger partial charge in [0.15, 0.2) is 0 Å². The van der Waals surface area contributed by atoms with E-state index in [1.54, 1.807) is 30.3 Å². The van der Waals surface area contributed by atoms with Gasteiger partial charge in [-0.25, -0.2) is 4.98 Å². The Morgan fingerprint density at radius 2 is 2.12 bits per heavy atom. The number of amides is 1. The van der Waals surface area contributed by atoms with Gasteiger partial charge in [-0.1, -0.05) is 29.3 Å². The van der Waals surface area contributed by atoms with Crippen LogP contribution in [0.4, 0.5) is 0 Å². The van der Waals surface area contributed by atoms with Crippen LogP contribution < -0.4 is 15.8 Å². The molecule has 132 valence electrons. The number of carbonyl (C=O) groups excluding carboxylic acids is 1. The second-order valence-electron chi connectivity index (χ2n) is 6.39. The molecule has 1 atom stereocenters. The van der Waals surface area contributed by atoms with E-state index in [0.717, 1.165) is 12.8 Å². The number of hydrogen-bond acceptors (Lipinski definition) is 4. The zero-order valence-corrected chi connectivity index (χ0v) is 15.3. The van der Waals surface area contributed by atoms with Crippen molar-refractivity contribution in [1.29, 1.82) is 0 Å². The summed E-state index contributed by atoms with van der Waals surface area (Å²) in [6.45, 7) is 2.39. The monoisotopic (exact) mass is 379 g/mol. The van der Waals surface area contributed by atoms with Gasteiger partial charge in [-0.15, -0.1) is 0 Å². The highest BCUT2D eigenvalue weighted by Crippen LogP contribution is 2.39. The van der Waals surface area contributed by atoms with Gasteiger partial charge in [-0.2, -0.15) is 0 Å². The van der Waals surface area contributed by atoms with Crippen LogP contribution >= 0.6 is 23.2 Å². The average Bonchev–Trinajstić information content (AvgIpc) is 3.45. The summed E-state index contributed by atoms with van der Waals surface area (Å²) >= 11 is 12.0. The molecule has 1 aromatic carbocycles. The van der Waals surface area contributed by atoms with E-state index in [9.17, 15) is 4.79 Å². The number of aromatic nitrogens is 1. The van der Waals surface area contributed by atoms with Crippen LogP contribution in [0.1, 0.15) is 30.1 Å². The van der Waals surface area contributed by atoms with E-state index in [1.807, 2.05) is 6.92 Å². The van der Waals surface area contributed by atoms with Gasteiger partial charge in [-0.05, 0) is 43.9 Å². The molecule has 0 bridgehead atoms. The van der Waals surface area contributed by atoms with Crippen molar-refractivity contribution in [3.8, 4) is 11.6 Å². The number of halogens is 2. The molecule has 1 amide bonds. The number of hydrogen-bond donors (Lipinski definition) is 2. The molecule has 3 rings (SSSR count). The fraction of sp³-hybridized carbons (Fsp3) is 0.333. The lowest BCUT2D eigenvalue weighted by atomic mass is 9.95. The van der Waals surface area contributed by atoms with Crippen molar-refractivity contribution in [2.45, 2.75) is 25.3 Å². The molecule has 1 aliphatic carbocycles. The molecule has 25 heavy (non-hydrogen) atoms. The molecule has 1 fully saturated rings. The number of nitrogens with zero attached hydrogens (tertiary/aromatic N) is 1. The number of pyridine rings is 1. The quantitative estimate of drug-likeness (QED) is 0.793. The van der Waals surface area contributed by atoms with Gasteiger partial charge >= 0.3 is 0 Å². The summed E-state index contributed by atoms with van der Waals surface area (Å²) < 4.78 is 5.62. The first-order valence-corrected chi connectivity index (χ1v) is 8.79. The van der Waals surface area contributed by atoms with Crippen molar-refractivity contribution in [2.75, 3.05) is 6.54 Å². The first-order valence-electron chi connectivity index (χ1n) is 8.03. The van der Waals surface area contributed by atoms with E-state index in [4.69, 9.17) is 33.7 Å². The number of nitrogens with one attached hydrogen (secondary N) is 1. The highest BCUT2D eigenvalue weighted by atomic mass is 35.5.